The monoisotopic (exact) mass is 277 g/mol. The van der Waals surface area contributed by atoms with E-state index in [4.69, 9.17) is 4.74 Å². The van der Waals surface area contributed by atoms with Crippen LogP contribution in [-0.4, -0.2) is 30.9 Å². The highest BCUT2D eigenvalue weighted by atomic mass is 16.5. The Balaban J connectivity index is 2.75. The number of nitrogens with one attached hydrogen (secondary N) is 1. The Hall–Kier alpha value is -1.68. The van der Waals surface area contributed by atoms with E-state index < -0.39 is 6.04 Å². The van der Waals surface area contributed by atoms with E-state index >= 15 is 0 Å². The van der Waals surface area contributed by atoms with Gasteiger partial charge in [0.15, 0.2) is 5.78 Å². The predicted molar refractivity (Wildman–Crippen MR) is 78.7 cm³/mol. The second kappa shape index (κ2) is 8.48. The van der Waals surface area contributed by atoms with Crippen molar-refractivity contribution < 1.29 is 14.3 Å². The van der Waals surface area contributed by atoms with Crippen molar-refractivity contribution in [1.29, 1.82) is 0 Å². The molecule has 1 N–H and O–H groups in total. The third kappa shape index (κ3) is 5.53. The molecule has 1 aromatic carbocycles. The molecule has 1 atom stereocenters. The summed E-state index contributed by atoms with van der Waals surface area (Å²) in [6.45, 7) is 6.88. The van der Waals surface area contributed by atoms with Crippen LogP contribution in [-0.2, 0) is 9.53 Å². The van der Waals surface area contributed by atoms with Gasteiger partial charge in [0.05, 0.1) is 19.1 Å². The Kier molecular flexibility index (Phi) is 6.94. The minimum absolute atomic E-state index is 0.0638. The first-order chi connectivity index (χ1) is 9.54. The number of ketones is 1. The number of Topliss-reactive ketones (excluding diaryl/α,β-unsaturated/α-hetero) is 1. The number of benzene rings is 1. The average Bonchev–Trinajstić information content (AvgIpc) is 2.43. The number of rotatable bonds is 8. The predicted octanol–water partition coefficient (Wildman–Crippen LogP) is 2.44. The van der Waals surface area contributed by atoms with Crippen molar-refractivity contribution >= 4 is 11.8 Å². The highest BCUT2D eigenvalue weighted by molar-refractivity contribution is 6.01. The van der Waals surface area contributed by atoms with Crippen LogP contribution >= 0.6 is 0 Å². The molecule has 20 heavy (non-hydrogen) atoms. The molecule has 0 aliphatic carbocycles. The van der Waals surface area contributed by atoms with Crippen LogP contribution in [0.4, 0.5) is 0 Å². The Labute approximate surface area is 120 Å². The molecule has 1 unspecified atom stereocenters. The van der Waals surface area contributed by atoms with Crippen molar-refractivity contribution in [3.05, 3.63) is 35.9 Å². The molecule has 0 aliphatic heterocycles. The van der Waals surface area contributed by atoms with E-state index in [9.17, 15) is 9.59 Å². The van der Waals surface area contributed by atoms with Gasteiger partial charge in [0.25, 0.3) is 0 Å². The van der Waals surface area contributed by atoms with Crippen molar-refractivity contribution in [2.75, 3.05) is 13.2 Å². The van der Waals surface area contributed by atoms with Gasteiger partial charge < -0.3 is 10.1 Å². The molecule has 4 heteroatoms. The molecular formula is C16H23NO3. The summed E-state index contributed by atoms with van der Waals surface area (Å²) in [5.74, 6) is -0.0133. The first kappa shape index (κ1) is 16.4. The first-order valence-electron chi connectivity index (χ1n) is 7.02. The van der Waals surface area contributed by atoms with E-state index in [1.54, 1.807) is 19.1 Å². The quantitative estimate of drug-likeness (QED) is 0.586. The van der Waals surface area contributed by atoms with Crippen LogP contribution in [0.25, 0.3) is 0 Å². The molecule has 1 aromatic rings. The van der Waals surface area contributed by atoms with Crippen molar-refractivity contribution in [2.45, 2.75) is 33.2 Å². The average molecular weight is 277 g/mol. The lowest BCUT2D eigenvalue weighted by atomic mass is 10.0. The minimum Gasteiger partial charge on any atom is -0.466 e. The van der Waals surface area contributed by atoms with Gasteiger partial charge in [0.1, 0.15) is 0 Å². The molecule has 0 radical (unpaired) electrons. The van der Waals surface area contributed by atoms with E-state index in [0.717, 1.165) is 0 Å². The molecule has 0 fully saturated rings. The molecule has 0 amide bonds. The van der Waals surface area contributed by atoms with Crippen molar-refractivity contribution in [3.8, 4) is 0 Å². The Morgan fingerprint density at radius 1 is 1.20 bits per heavy atom. The molecular weight excluding hydrogens is 254 g/mol. The zero-order valence-electron chi connectivity index (χ0n) is 12.4. The van der Waals surface area contributed by atoms with E-state index in [-0.39, 0.29) is 18.2 Å². The Morgan fingerprint density at radius 2 is 1.85 bits per heavy atom. The van der Waals surface area contributed by atoms with E-state index in [1.165, 1.54) is 0 Å². The summed E-state index contributed by atoms with van der Waals surface area (Å²) in [5.41, 5.74) is 0.609. The fourth-order valence-corrected chi connectivity index (χ4v) is 1.83. The lowest BCUT2D eigenvalue weighted by Crippen LogP contribution is -2.40. The normalized spacial score (nSPS) is 12.2. The molecule has 0 aliphatic rings. The van der Waals surface area contributed by atoms with Crippen molar-refractivity contribution in [2.24, 2.45) is 5.92 Å². The summed E-state index contributed by atoms with van der Waals surface area (Å²) in [5, 5.41) is 3.16. The molecule has 0 bridgehead atoms. The van der Waals surface area contributed by atoms with Gasteiger partial charge in [-0.25, -0.2) is 0 Å². The summed E-state index contributed by atoms with van der Waals surface area (Å²) in [4.78, 5) is 24.0. The second-order valence-electron chi connectivity index (χ2n) is 5.09. The van der Waals surface area contributed by atoms with E-state index in [1.807, 2.05) is 18.2 Å². The maximum absolute atomic E-state index is 12.4. The van der Waals surface area contributed by atoms with Gasteiger partial charge in [0, 0.05) is 5.56 Å². The standard InChI is InChI=1S/C16H23NO3/c1-4-20-15(18)10-14(17-11-12(2)3)16(19)13-8-6-5-7-9-13/h5-9,12,14,17H,4,10-11H2,1-3H3. The zero-order valence-corrected chi connectivity index (χ0v) is 12.4. The molecule has 4 nitrogen and oxygen atoms in total. The number of esters is 1. The van der Waals surface area contributed by atoms with Crippen LogP contribution in [0.5, 0.6) is 0 Å². The van der Waals surface area contributed by atoms with Gasteiger partial charge in [-0.15, -0.1) is 0 Å². The molecule has 0 saturated heterocycles. The van der Waals surface area contributed by atoms with Gasteiger partial charge in [-0.1, -0.05) is 44.2 Å². The third-order valence-electron chi connectivity index (χ3n) is 2.82. The summed E-state index contributed by atoms with van der Waals surface area (Å²) in [7, 11) is 0. The van der Waals surface area contributed by atoms with Crippen LogP contribution in [0, 0.1) is 5.92 Å². The van der Waals surface area contributed by atoms with Crippen LogP contribution in [0.15, 0.2) is 30.3 Å². The summed E-state index contributed by atoms with van der Waals surface area (Å²) >= 11 is 0. The lowest BCUT2D eigenvalue weighted by molar-refractivity contribution is -0.143. The van der Waals surface area contributed by atoms with Crippen LogP contribution in [0.1, 0.15) is 37.6 Å². The summed E-state index contributed by atoms with van der Waals surface area (Å²) < 4.78 is 4.93. The van der Waals surface area contributed by atoms with E-state index in [2.05, 4.69) is 19.2 Å². The first-order valence-corrected chi connectivity index (χ1v) is 7.02. The number of carbonyl (C=O) groups is 2. The Bertz CT molecular complexity index is 429. The van der Waals surface area contributed by atoms with Crippen molar-refractivity contribution in [1.82, 2.24) is 5.32 Å². The fourth-order valence-electron chi connectivity index (χ4n) is 1.83. The second-order valence-corrected chi connectivity index (χ2v) is 5.09. The third-order valence-corrected chi connectivity index (χ3v) is 2.82. The molecule has 1 rings (SSSR count). The largest absolute Gasteiger partial charge is 0.466 e. The van der Waals surface area contributed by atoms with Crippen LogP contribution in [0.3, 0.4) is 0 Å². The number of ether oxygens (including phenoxy) is 1. The smallest absolute Gasteiger partial charge is 0.307 e. The minimum atomic E-state index is -0.529. The van der Waals surface area contributed by atoms with Gasteiger partial charge >= 0.3 is 5.97 Å². The summed E-state index contributed by atoms with van der Waals surface area (Å²) in [6, 6.07) is 8.49. The van der Waals surface area contributed by atoms with Crippen molar-refractivity contribution in [3.63, 3.8) is 0 Å². The van der Waals surface area contributed by atoms with Gasteiger partial charge in [-0.2, -0.15) is 0 Å². The molecule has 0 saturated carbocycles. The Morgan fingerprint density at radius 3 is 2.40 bits per heavy atom. The van der Waals surface area contributed by atoms with Gasteiger partial charge in [-0.05, 0) is 19.4 Å². The number of hydrogen-bond donors (Lipinski definition) is 1. The van der Waals surface area contributed by atoms with Gasteiger partial charge in [0.2, 0.25) is 0 Å². The number of carbonyl (C=O) groups excluding carboxylic acids is 2. The fraction of sp³-hybridized carbons (Fsp3) is 0.500. The van der Waals surface area contributed by atoms with Gasteiger partial charge in [-0.3, -0.25) is 9.59 Å². The SMILES string of the molecule is CCOC(=O)CC(NCC(C)C)C(=O)c1ccccc1. The van der Waals surface area contributed by atoms with E-state index in [0.29, 0.717) is 24.6 Å². The molecule has 0 aromatic heterocycles. The van der Waals surface area contributed by atoms with Crippen LogP contribution in [0.2, 0.25) is 0 Å². The maximum atomic E-state index is 12.4. The molecule has 0 heterocycles. The molecule has 0 spiro atoms. The highest BCUT2D eigenvalue weighted by Crippen LogP contribution is 2.08. The number of hydrogen-bond acceptors (Lipinski definition) is 4. The topological polar surface area (TPSA) is 55.4 Å². The maximum Gasteiger partial charge on any atom is 0.307 e. The lowest BCUT2D eigenvalue weighted by Gasteiger charge is -2.18. The summed E-state index contributed by atoms with van der Waals surface area (Å²) in [6.07, 6.45) is 0.0638. The molecule has 110 valence electrons. The highest BCUT2D eigenvalue weighted by Gasteiger charge is 2.23. The van der Waals surface area contributed by atoms with Crippen LogP contribution < -0.4 is 5.32 Å². The zero-order chi connectivity index (χ0) is 15.0.